The van der Waals surface area contributed by atoms with Gasteiger partial charge in [-0.15, -0.1) is 0 Å². The summed E-state index contributed by atoms with van der Waals surface area (Å²) >= 11 is 0. The van der Waals surface area contributed by atoms with Gasteiger partial charge in [0.1, 0.15) is 5.82 Å². The van der Waals surface area contributed by atoms with Gasteiger partial charge in [-0.05, 0) is 30.7 Å². The fourth-order valence-corrected chi connectivity index (χ4v) is 1.92. The molecule has 0 atom stereocenters. The van der Waals surface area contributed by atoms with Crippen LogP contribution in [0.3, 0.4) is 0 Å². The second-order valence-corrected chi connectivity index (χ2v) is 4.76. The Hall–Kier alpha value is -1.72. The Balaban J connectivity index is 1.73. The minimum absolute atomic E-state index is 0.198. The van der Waals surface area contributed by atoms with Crippen molar-refractivity contribution in [2.45, 2.75) is 19.1 Å². The number of hydrogen-bond donors (Lipinski definition) is 1. The maximum atomic E-state index is 12.7. The fraction of sp³-hybridized carbons (Fsp3) is 0.400. The quantitative estimate of drug-likeness (QED) is 0.840. The Morgan fingerprint density at radius 1 is 1.35 bits per heavy atom. The van der Waals surface area contributed by atoms with Gasteiger partial charge >= 0.3 is 0 Å². The highest BCUT2D eigenvalue weighted by molar-refractivity contribution is 5.91. The summed E-state index contributed by atoms with van der Waals surface area (Å²) in [7, 11) is 0. The summed E-state index contributed by atoms with van der Waals surface area (Å²) in [5.41, 5.74) is 0.774. The lowest BCUT2D eigenvalue weighted by atomic mass is 10.2. The predicted molar refractivity (Wildman–Crippen MR) is 73.4 cm³/mol. The van der Waals surface area contributed by atoms with E-state index >= 15 is 0 Å². The zero-order chi connectivity index (χ0) is 14.4. The Morgan fingerprint density at radius 3 is 2.65 bits per heavy atom. The predicted octanol–water partition coefficient (Wildman–Crippen LogP) is 2.11. The van der Waals surface area contributed by atoms with Crippen LogP contribution in [-0.4, -0.2) is 31.5 Å². The van der Waals surface area contributed by atoms with Crippen molar-refractivity contribution >= 4 is 12.0 Å². The number of carbonyl (C=O) groups is 1. The summed E-state index contributed by atoms with van der Waals surface area (Å²) in [4.78, 5) is 11.6. The lowest BCUT2D eigenvalue weighted by Gasteiger charge is -2.21. The normalized spacial score (nSPS) is 17.5. The van der Waals surface area contributed by atoms with Gasteiger partial charge in [0.15, 0.2) is 5.79 Å². The van der Waals surface area contributed by atoms with Crippen LogP contribution in [0.25, 0.3) is 6.08 Å². The number of halogens is 1. The Bertz CT molecular complexity index is 478. The average molecular weight is 279 g/mol. The monoisotopic (exact) mass is 279 g/mol. The van der Waals surface area contributed by atoms with Crippen molar-refractivity contribution in [1.29, 1.82) is 0 Å². The first kappa shape index (κ1) is 14.7. The Kier molecular flexibility index (Phi) is 4.87. The van der Waals surface area contributed by atoms with Gasteiger partial charge in [-0.2, -0.15) is 0 Å². The first-order valence-corrected chi connectivity index (χ1v) is 6.57. The van der Waals surface area contributed by atoms with Crippen LogP contribution in [0.5, 0.6) is 0 Å². The molecule has 5 heteroatoms. The van der Waals surface area contributed by atoms with Crippen molar-refractivity contribution in [1.82, 2.24) is 5.32 Å². The third kappa shape index (κ3) is 4.43. The summed E-state index contributed by atoms with van der Waals surface area (Å²) < 4.78 is 23.6. The summed E-state index contributed by atoms with van der Waals surface area (Å²) in [5, 5.41) is 2.76. The van der Waals surface area contributed by atoms with Gasteiger partial charge in [0.2, 0.25) is 5.91 Å². The van der Waals surface area contributed by atoms with Crippen molar-refractivity contribution in [3.05, 3.63) is 41.7 Å². The number of rotatable bonds is 5. The molecule has 1 aromatic carbocycles. The Morgan fingerprint density at radius 2 is 2.00 bits per heavy atom. The van der Waals surface area contributed by atoms with Crippen LogP contribution in [0.2, 0.25) is 0 Å². The third-order valence-corrected chi connectivity index (χ3v) is 3.07. The molecule has 0 aliphatic carbocycles. The first-order chi connectivity index (χ1) is 9.57. The van der Waals surface area contributed by atoms with E-state index in [0.717, 1.165) is 5.56 Å². The molecule has 0 aromatic heterocycles. The van der Waals surface area contributed by atoms with E-state index in [2.05, 4.69) is 5.32 Å². The molecule has 20 heavy (non-hydrogen) atoms. The van der Waals surface area contributed by atoms with E-state index in [4.69, 9.17) is 9.47 Å². The second kappa shape index (κ2) is 6.63. The van der Waals surface area contributed by atoms with Crippen molar-refractivity contribution in [2.75, 3.05) is 19.8 Å². The third-order valence-electron chi connectivity index (χ3n) is 3.07. The molecule has 1 aliphatic heterocycles. The number of nitrogens with one attached hydrogen (secondary N) is 1. The zero-order valence-electron chi connectivity index (χ0n) is 11.4. The van der Waals surface area contributed by atoms with Crippen LogP contribution in [0.1, 0.15) is 18.9 Å². The van der Waals surface area contributed by atoms with Crippen molar-refractivity contribution < 1.29 is 18.7 Å². The summed E-state index contributed by atoms with van der Waals surface area (Å²) in [6.07, 6.45) is 3.66. The molecular formula is C15H18FNO3. The molecule has 1 aliphatic rings. The maximum absolute atomic E-state index is 12.7. The van der Waals surface area contributed by atoms with E-state index < -0.39 is 5.79 Å². The number of ether oxygens (including phenoxy) is 2. The van der Waals surface area contributed by atoms with Gasteiger partial charge in [0.25, 0.3) is 0 Å². The highest BCUT2D eigenvalue weighted by atomic mass is 19.1. The van der Waals surface area contributed by atoms with E-state index in [1.165, 1.54) is 18.2 Å². The van der Waals surface area contributed by atoms with E-state index in [0.29, 0.717) is 26.2 Å². The standard InChI is InChI=1S/C15H18FNO3/c1-15(19-10-11-20-15)8-9-17-14(18)7-4-12-2-5-13(16)6-3-12/h2-7H,8-11H2,1H3,(H,17,18)/b7-4+. The van der Waals surface area contributed by atoms with Crippen LogP contribution in [0, 0.1) is 5.82 Å². The Labute approximate surface area is 117 Å². The maximum Gasteiger partial charge on any atom is 0.244 e. The molecule has 1 aromatic rings. The molecule has 1 heterocycles. The lowest BCUT2D eigenvalue weighted by molar-refractivity contribution is -0.146. The van der Waals surface area contributed by atoms with E-state index in [9.17, 15) is 9.18 Å². The minimum Gasteiger partial charge on any atom is -0.352 e. The van der Waals surface area contributed by atoms with E-state index in [1.807, 2.05) is 6.92 Å². The molecule has 0 saturated carbocycles. The molecule has 1 saturated heterocycles. The molecule has 0 bridgehead atoms. The fourth-order valence-electron chi connectivity index (χ4n) is 1.92. The highest BCUT2D eigenvalue weighted by Crippen LogP contribution is 2.21. The molecule has 0 spiro atoms. The number of benzene rings is 1. The molecule has 2 rings (SSSR count). The summed E-state index contributed by atoms with van der Waals surface area (Å²) in [6, 6.07) is 5.93. The SMILES string of the molecule is CC1(CCNC(=O)/C=C/c2ccc(F)cc2)OCCO1. The van der Waals surface area contributed by atoms with Crippen LogP contribution in [-0.2, 0) is 14.3 Å². The van der Waals surface area contributed by atoms with Gasteiger partial charge in [-0.3, -0.25) is 4.79 Å². The number of hydrogen-bond acceptors (Lipinski definition) is 3. The van der Waals surface area contributed by atoms with Crippen LogP contribution >= 0.6 is 0 Å². The van der Waals surface area contributed by atoms with E-state index in [-0.39, 0.29) is 11.7 Å². The molecule has 4 nitrogen and oxygen atoms in total. The molecule has 1 fully saturated rings. The number of amides is 1. The molecule has 0 unspecified atom stereocenters. The van der Waals surface area contributed by atoms with Crippen molar-refractivity contribution in [2.24, 2.45) is 0 Å². The molecule has 1 N–H and O–H groups in total. The molecule has 0 radical (unpaired) electrons. The van der Waals surface area contributed by atoms with Crippen molar-refractivity contribution in [3.63, 3.8) is 0 Å². The topological polar surface area (TPSA) is 47.6 Å². The molecule has 1 amide bonds. The zero-order valence-corrected chi connectivity index (χ0v) is 11.4. The van der Waals surface area contributed by atoms with Crippen LogP contribution in [0.15, 0.2) is 30.3 Å². The van der Waals surface area contributed by atoms with Gasteiger partial charge in [0, 0.05) is 19.0 Å². The summed E-state index contributed by atoms with van der Waals surface area (Å²) in [6.45, 7) is 3.52. The largest absolute Gasteiger partial charge is 0.352 e. The molecule has 108 valence electrons. The van der Waals surface area contributed by atoms with Gasteiger partial charge in [-0.1, -0.05) is 12.1 Å². The first-order valence-electron chi connectivity index (χ1n) is 6.57. The van der Waals surface area contributed by atoms with Gasteiger partial charge in [0.05, 0.1) is 13.2 Å². The van der Waals surface area contributed by atoms with Crippen LogP contribution in [0.4, 0.5) is 4.39 Å². The smallest absolute Gasteiger partial charge is 0.244 e. The lowest BCUT2D eigenvalue weighted by Crippen LogP contribution is -2.32. The highest BCUT2D eigenvalue weighted by Gasteiger charge is 2.30. The van der Waals surface area contributed by atoms with Crippen molar-refractivity contribution in [3.8, 4) is 0 Å². The minimum atomic E-state index is -0.589. The van der Waals surface area contributed by atoms with Gasteiger partial charge in [-0.25, -0.2) is 4.39 Å². The average Bonchev–Trinajstić information content (AvgIpc) is 2.85. The summed E-state index contributed by atoms with van der Waals surface area (Å²) in [5.74, 6) is -1.08. The second-order valence-electron chi connectivity index (χ2n) is 4.76. The van der Waals surface area contributed by atoms with Crippen LogP contribution < -0.4 is 5.32 Å². The molecular weight excluding hydrogens is 261 g/mol. The van der Waals surface area contributed by atoms with E-state index in [1.54, 1.807) is 18.2 Å². The number of carbonyl (C=O) groups excluding carboxylic acids is 1. The van der Waals surface area contributed by atoms with Gasteiger partial charge < -0.3 is 14.8 Å².